The second-order valence-corrected chi connectivity index (χ2v) is 5.50. The van der Waals surface area contributed by atoms with Crippen LogP contribution in [0.25, 0.3) is 0 Å². The molecule has 2 unspecified atom stereocenters. The topological polar surface area (TPSA) is 58.0 Å². The maximum Gasteiger partial charge on any atom is 0.130 e. The molecule has 1 aliphatic carbocycles. The molecule has 0 spiro atoms. The number of nitrogens with one attached hydrogen (secondary N) is 1. The van der Waals surface area contributed by atoms with Crippen molar-refractivity contribution in [3.63, 3.8) is 0 Å². The van der Waals surface area contributed by atoms with Gasteiger partial charge in [0.25, 0.3) is 0 Å². The number of aryl methyl sites for hydroxylation is 1. The van der Waals surface area contributed by atoms with Crippen molar-refractivity contribution in [1.29, 1.82) is 0 Å². The first-order valence-electron chi connectivity index (χ1n) is 6.06. The Hall–Kier alpha value is -0.680. The summed E-state index contributed by atoms with van der Waals surface area (Å²) in [6.45, 7) is 2.75. The van der Waals surface area contributed by atoms with Gasteiger partial charge < -0.3 is 10.4 Å². The third-order valence-electron chi connectivity index (χ3n) is 3.13. The van der Waals surface area contributed by atoms with Crippen molar-refractivity contribution in [3.8, 4) is 0 Å². The molecule has 1 aromatic heterocycles. The Bertz CT molecular complexity index is 366. The number of halogens is 1. The highest BCUT2D eigenvalue weighted by atomic mass is 79.9. The number of aliphatic hydroxyl groups is 1. The van der Waals surface area contributed by atoms with Crippen LogP contribution in [0.3, 0.4) is 0 Å². The predicted molar refractivity (Wildman–Crippen MR) is 70.9 cm³/mol. The zero-order valence-electron chi connectivity index (χ0n) is 9.99. The van der Waals surface area contributed by atoms with E-state index in [0.717, 1.165) is 42.1 Å². The van der Waals surface area contributed by atoms with Crippen molar-refractivity contribution >= 4 is 21.7 Å². The zero-order valence-corrected chi connectivity index (χ0v) is 11.6. The van der Waals surface area contributed by atoms with Crippen LogP contribution in [0.1, 0.15) is 31.5 Å². The standard InChI is InChI=1S/C12H18BrN3O/c1-8-15-11(13)6-12(16-8)14-7-9-3-2-4-10(17)5-9/h6,9-10,17H,2-5,7H2,1H3,(H,14,15,16). The van der Waals surface area contributed by atoms with Crippen molar-refractivity contribution in [3.05, 3.63) is 16.5 Å². The number of anilines is 1. The highest BCUT2D eigenvalue weighted by molar-refractivity contribution is 9.10. The van der Waals surface area contributed by atoms with Crippen LogP contribution in [-0.2, 0) is 0 Å². The number of rotatable bonds is 3. The first-order chi connectivity index (χ1) is 8.13. The summed E-state index contributed by atoms with van der Waals surface area (Å²) >= 11 is 3.36. The SMILES string of the molecule is Cc1nc(Br)cc(NCC2CCCC(O)C2)n1. The lowest BCUT2D eigenvalue weighted by Gasteiger charge is -2.26. The maximum atomic E-state index is 9.60. The number of nitrogens with zero attached hydrogens (tertiary/aromatic N) is 2. The Morgan fingerprint density at radius 3 is 3.00 bits per heavy atom. The maximum absolute atomic E-state index is 9.60. The van der Waals surface area contributed by atoms with E-state index in [4.69, 9.17) is 0 Å². The van der Waals surface area contributed by atoms with E-state index in [-0.39, 0.29) is 6.10 Å². The lowest BCUT2D eigenvalue weighted by atomic mass is 9.87. The van der Waals surface area contributed by atoms with Crippen LogP contribution >= 0.6 is 15.9 Å². The molecule has 17 heavy (non-hydrogen) atoms. The van der Waals surface area contributed by atoms with E-state index in [1.165, 1.54) is 6.42 Å². The Morgan fingerprint density at radius 2 is 2.29 bits per heavy atom. The van der Waals surface area contributed by atoms with E-state index in [1.807, 2.05) is 13.0 Å². The summed E-state index contributed by atoms with van der Waals surface area (Å²) in [5.74, 6) is 2.16. The molecule has 1 fully saturated rings. The van der Waals surface area contributed by atoms with Gasteiger partial charge in [0.05, 0.1) is 6.10 Å². The van der Waals surface area contributed by atoms with Gasteiger partial charge in [0.15, 0.2) is 0 Å². The highest BCUT2D eigenvalue weighted by Gasteiger charge is 2.19. The number of aromatic nitrogens is 2. The van der Waals surface area contributed by atoms with Crippen LogP contribution in [0, 0.1) is 12.8 Å². The average molecular weight is 300 g/mol. The van der Waals surface area contributed by atoms with Gasteiger partial charge in [-0.05, 0) is 48.0 Å². The molecule has 0 radical (unpaired) electrons. The van der Waals surface area contributed by atoms with Gasteiger partial charge in [0.2, 0.25) is 0 Å². The van der Waals surface area contributed by atoms with Gasteiger partial charge in [0, 0.05) is 12.6 Å². The van der Waals surface area contributed by atoms with Crippen LogP contribution in [0.15, 0.2) is 10.7 Å². The normalized spacial score (nSPS) is 24.6. The lowest BCUT2D eigenvalue weighted by Crippen LogP contribution is -2.25. The molecule has 0 saturated heterocycles. The Morgan fingerprint density at radius 1 is 1.47 bits per heavy atom. The number of hydrogen-bond acceptors (Lipinski definition) is 4. The second kappa shape index (κ2) is 5.78. The predicted octanol–water partition coefficient (Wildman–Crippen LogP) is 2.51. The molecule has 0 amide bonds. The Labute approximate surface area is 110 Å². The summed E-state index contributed by atoms with van der Waals surface area (Å²) in [6, 6.07) is 1.88. The smallest absolute Gasteiger partial charge is 0.130 e. The van der Waals surface area contributed by atoms with E-state index in [9.17, 15) is 5.11 Å². The number of aliphatic hydroxyl groups excluding tert-OH is 1. The summed E-state index contributed by atoms with van der Waals surface area (Å²) in [6.07, 6.45) is 4.05. The zero-order chi connectivity index (χ0) is 12.3. The minimum Gasteiger partial charge on any atom is -0.393 e. The van der Waals surface area contributed by atoms with Gasteiger partial charge in [-0.3, -0.25) is 0 Å². The van der Waals surface area contributed by atoms with Crippen molar-refractivity contribution in [2.45, 2.75) is 38.7 Å². The third kappa shape index (κ3) is 3.92. The Balaban J connectivity index is 1.88. The lowest BCUT2D eigenvalue weighted by molar-refractivity contribution is 0.104. The van der Waals surface area contributed by atoms with E-state index >= 15 is 0 Å². The average Bonchev–Trinajstić information content (AvgIpc) is 2.25. The summed E-state index contributed by atoms with van der Waals surface area (Å²) in [4.78, 5) is 8.49. The molecule has 1 aromatic rings. The largest absolute Gasteiger partial charge is 0.393 e. The summed E-state index contributed by atoms with van der Waals surface area (Å²) in [5, 5.41) is 12.9. The van der Waals surface area contributed by atoms with Crippen molar-refractivity contribution in [2.24, 2.45) is 5.92 Å². The molecule has 2 N–H and O–H groups in total. The highest BCUT2D eigenvalue weighted by Crippen LogP contribution is 2.24. The molecule has 2 rings (SSSR count). The molecule has 1 heterocycles. The molecule has 0 aromatic carbocycles. The summed E-state index contributed by atoms with van der Waals surface area (Å²) in [7, 11) is 0. The van der Waals surface area contributed by atoms with Crippen LogP contribution in [-0.4, -0.2) is 27.7 Å². The van der Waals surface area contributed by atoms with Gasteiger partial charge >= 0.3 is 0 Å². The van der Waals surface area contributed by atoms with E-state index in [2.05, 4.69) is 31.2 Å². The fourth-order valence-corrected chi connectivity index (χ4v) is 2.79. The van der Waals surface area contributed by atoms with Crippen LogP contribution in [0.5, 0.6) is 0 Å². The fourth-order valence-electron chi connectivity index (χ4n) is 2.32. The molecule has 2 atom stereocenters. The fraction of sp³-hybridized carbons (Fsp3) is 0.667. The van der Waals surface area contributed by atoms with Gasteiger partial charge in [-0.1, -0.05) is 6.42 Å². The number of hydrogen-bond donors (Lipinski definition) is 2. The quantitative estimate of drug-likeness (QED) is 0.842. The first kappa shape index (κ1) is 12.8. The van der Waals surface area contributed by atoms with Crippen molar-refractivity contribution in [1.82, 2.24) is 9.97 Å². The van der Waals surface area contributed by atoms with Gasteiger partial charge in [0.1, 0.15) is 16.2 Å². The molecule has 1 saturated carbocycles. The molecule has 5 heteroatoms. The molecule has 94 valence electrons. The summed E-state index contributed by atoms with van der Waals surface area (Å²) < 4.78 is 0.802. The van der Waals surface area contributed by atoms with Crippen LogP contribution in [0.2, 0.25) is 0 Å². The second-order valence-electron chi connectivity index (χ2n) is 4.69. The van der Waals surface area contributed by atoms with E-state index in [0.29, 0.717) is 5.92 Å². The van der Waals surface area contributed by atoms with Gasteiger partial charge in [-0.15, -0.1) is 0 Å². The molecule has 4 nitrogen and oxygen atoms in total. The molecular formula is C12H18BrN3O. The Kier molecular flexibility index (Phi) is 4.34. The van der Waals surface area contributed by atoms with E-state index in [1.54, 1.807) is 0 Å². The molecule has 0 bridgehead atoms. The van der Waals surface area contributed by atoms with Gasteiger partial charge in [-0.2, -0.15) is 0 Å². The molecular weight excluding hydrogens is 282 g/mol. The van der Waals surface area contributed by atoms with Crippen LogP contribution in [0.4, 0.5) is 5.82 Å². The van der Waals surface area contributed by atoms with Crippen molar-refractivity contribution in [2.75, 3.05) is 11.9 Å². The minimum atomic E-state index is -0.116. The van der Waals surface area contributed by atoms with E-state index < -0.39 is 0 Å². The molecule has 0 aliphatic heterocycles. The van der Waals surface area contributed by atoms with Crippen molar-refractivity contribution < 1.29 is 5.11 Å². The van der Waals surface area contributed by atoms with Gasteiger partial charge in [-0.25, -0.2) is 9.97 Å². The summed E-state index contributed by atoms with van der Waals surface area (Å²) in [5.41, 5.74) is 0. The monoisotopic (exact) mass is 299 g/mol. The first-order valence-corrected chi connectivity index (χ1v) is 6.86. The third-order valence-corrected chi connectivity index (χ3v) is 3.54. The van der Waals surface area contributed by atoms with Crippen LogP contribution < -0.4 is 5.32 Å². The molecule has 1 aliphatic rings. The minimum absolute atomic E-state index is 0.116.